The van der Waals surface area contributed by atoms with Crippen LogP contribution in [0.2, 0.25) is 0 Å². The third-order valence-corrected chi connectivity index (χ3v) is 3.46. The Hall–Kier alpha value is -2.47. The lowest BCUT2D eigenvalue weighted by Crippen LogP contribution is -2.16. The van der Waals surface area contributed by atoms with Gasteiger partial charge in [0.25, 0.3) is 0 Å². The van der Waals surface area contributed by atoms with Gasteiger partial charge in [-0.25, -0.2) is 0 Å². The highest BCUT2D eigenvalue weighted by molar-refractivity contribution is 5.60. The molecule has 0 heterocycles. The first-order chi connectivity index (χ1) is 10.2. The van der Waals surface area contributed by atoms with Gasteiger partial charge in [0.1, 0.15) is 11.8 Å². The standard InChI is InChI=1S/C18H20N2O/c1-14(8-9-15-6-4-3-5-7-15)20-18-12-17(21-2)11-10-16(18)13-19/h3-7,10-12,14,20H,8-9H2,1-2H3. The largest absolute Gasteiger partial charge is 0.497 e. The van der Waals surface area contributed by atoms with E-state index >= 15 is 0 Å². The van der Waals surface area contributed by atoms with Crippen molar-refractivity contribution in [3.63, 3.8) is 0 Å². The van der Waals surface area contributed by atoms with Crippen LogP contribution in [0.3, 0.4) is 0 Å². The van der Waals surface area contributed by atoms with Gasteiger partial charge in [0.2, 0.25) is 0 Å². The molecule has 0 bridgehead atoms. The Morgan fingerprint density at radius 3 is 2.62 bits per heavy atom. The smallest absolute Gasteiger partial charge is 0.121 e. The molecule has 2 aromatic rings. The number of nitrogens with one attached hydrogen (secondary N) is 1. The zero-order chi connectivity index (χ0) is 15.1. The van der Waals surface area contributed by atoms with E-state index in [1.807, 2.05) is 12.1 Å². The van der Waals surface area contributed by atoms with Crippen LogP contribution in [-0.4, -0.2) is 13.2 Å². The molecule has 0 radical (unpaired) electrons. The molecule has 0 amide bonds. The molecule has 0 aromatic heterocycles. The van der Waals surface area contributed by atoms with Gasteiger partial charge in [-0.05, 0) is 37.5 Å². The Labute approximate surface area is 126 Å². The predicted molar refractivity (Wildman–Crippen MR) is 85.6 cm³/mol. The minimum absolute atomic E-state index is 0.282. The molecule has 1 N–H and O–H groups in total. The molecule has 0 saturated carbocycles. The molecule has 0 aliphatic rings. The third kappa shape index (κ3) is 4.25. The lowest BCUT2D eigenvalue weighted by atomic mass is 10.1. The molecule has 108 valence electrons. The second-order valence-corrected chi connectivity index (χ2v) is 5.09. The van der Waals surface area contributed by atoms with E-state index in [1.54, 1.807) is 19.2 Å². The van der Waals surface area contributed by atoms with E-state index in [1.165, 1.54) is 5.56 Å². The topological polar surface area (TPSA) is 45.0 Å². The van der Waals surface area contributed by atoms with Crippen molar-refractivity contribution in [2.75, 3.05) is 12.4 Å². The monoisotopic (exact) mass is 280 g/mol. The Balaban J connectivity index is 1.99. The van der Waals surface area contributed by atoms with Crippen LogP contribution in [0, 0.1) is 11.3 Å². The highest BCUT2D eigenvalue weighted by atomic mass is 16.5. The lowest BCUT2D eigenvalue weighted by molar-refractivity contribution is 0.415. The number of hydrogen-bond acceptors (Lipinski definition) is 3. The molecule has 0 fully saturated rings. The molecule has 2 rings (SSSR count). The second-order valence-electron chi connectivity index (χ2n) is 5.09. The van der Waals surface area contributed by atoms with Crippen molar-refractivity contribution in [3.8, 4) is 11.8 Å². The van der Waals surface area contributed by atoms with Crippen LogP contribution in [0.5, 0.6) is 5.75 Å². The van der Waals surface area contributed by atoms with Crippen LogP contribution in [-0.2, 0) is 6.42 Å². The SMILES string of the molecule is COc1ccc(C#N)c(NC(C)CCc2ccccc2)c1. The van der Waals surface area contributed by atoms with Crippen molar-refractivity contribution in [2.24, 2.45) is 0 Å². The molecular weight excluding hydrogens is 260 g/mol. The van der Waals surface area contributed by atoms with E-state index in [-0.39, 0.29) is 6.04 Å². The maximum atomic E-state index is 9.17. The number of ether oxygens (including phenoxy) is 1. The molecule has 3 heteroatoms. The van der Waals surface area contributed by atoms with Crippen molar-refractivity contribution in [3.05, 3.63) is 59.7 Å². The zero-order valence-corrected chi connectivity index (χ0v) is 12.5. The van der Waals surface area contributed by atoms with Crippen LogP contribution in [0.15, 0.2) is 48.5 Å². The molecule has 1 atom stereocenters. The van der Waals surface area contributed by atoms with E-state index in [4.69, 9.17) is 4.74 Å². The molecule has 3 nitrogen and oxygen atoms in total. The van der Waals surface area contributed by atoms with Gasteiger partial charge >= 0.3 is 0 Å². The molecule has 1 unspecified atom stereocenters. The van der Waals surface area contributed by atoms with Gasteiger partial charge in [-0.15, -0.1) is 0 Å². The first-order valence-corrected chi connectivity index (χ1v) is 7.11. The van der Waals surface area contributed by atoms with Crippen molar-refractivity contribution in [1.82, 2.24) is 0 Å². The number of anilines is 1. The summed E-state index contributed by atoms with van der Waals surface area (Å²) in [5.41, 5.74) is 2.80. The van der Waals surface area contributed by atoms with E-state index in [0.29, 0.717) is 5.56 Å². The minimum Gasteiger partial charge on any atom is -0.497 e. The van der Waals surface area contributed by atoms with E-state index < -0.39 is 0 Å². The molecule has 2 aromatic carbocycles. The fraction of sp³-hybridized carbons (Fsp3) is 0.278. The summed E-state index contributed by atoms with van der Waals surface area (Å²) in [7, 11) is 1.63. The van der Waals surface area contributed by atoms with Gasteiger partial charge in [0.05, 0.1) is 18.4 Å². The van der Waals surface area contributed by atoms with Gasteiger partial charge in [-0.2, -0.15) is 5.26 Å². The summed E-state index contributed by atoms with van der Waals surface area (Å²) in [5.74, 6) is 0.756. The average molecular weight is 280 g/mol. The number of hydrogen-bond donors (Lipinski definition) is 1. The highest BCUT2D eigenvalue weighted by Gasteiger charge is 2.08. The molecule has 0 aliphatic heterocycles. The van der Waals surface area contributed by atoms with Crippen LogP contribution in [0.1, 0.15) is 24.5 Å². The fourth-order valence-corrected chi connectivity index (χ4v) is 2.23. The fourth-order valence-electron chi connectivity index (χ4n) is 2.23. The lowest BCUT2D eigenvalue weighted by Gasteiger charge is -2.17. The number of benzene rings is 2. The Kier molecular flexibility index (Phi) is 5.22. The molecule has 0 saturated heterocycles. The van der Waals surface area contributed by atoms with Crippen molar-refractivity contribution < 1.29 is 4.74 Å². The predicted octanol–water partition coefficient (Wildman–Crippen LogP) is 4.00. The van der Waals surface area contributed by atoms with Crippen LogP contribution in [0.4, 0.5) is 5.69 Å². The van der Waals surface area contributed by atoms with Crippen LogP contribution in [0.25, 0.3) is 0 Å². The molecule has 0 spiro atoms. The van der Waals surface area contributed by atoms with Crippen LogP contribution >= 0.6 is 0 Å². The molecule has 0 aliphatic carbocycles. The first-order valence-electron chi connectivity index (χ1n) is 7.11. The Morgan fingerprint density at radius 2 is 1.95 bits per heavy atom. The van der Waals surface area contributed by atoms with Crippen molar-refractivity contribution in [1.29, 1.82) is 5.26 Å². The summed E-state index contributed by atoms with van der Waals surface area (Å²) < 4.78 is 5.22. The normalized spacial score (nSPS) is 11.5. The number of aryl methyl sites for hydroxylation is 1. The van der Waals surface area contributed by atoms with E-state index in [9.17, 15) is 5.26 Å². The number of nitriles is 1. The van der Waals surface area contributed by atoms with Crippen molar-refractivity contribution in [2.45, 2.75) is 25.8 Å². The number of nitrogens with zero attached hydrogens (tertiary/aromatic N) is 1. The summed E-state index contributed by atoms with van der Waals surface area (Å²) in [4.78, 5) is 0. The molecular formula is C18H20N2O. The highest BCUT2D eigenvalue weighted by Crippen LogP contribution is 2.23. The van der Waals surface area contributed by atoms with Gasteiger partial charge < -0.3 is 10.1 Å². The first kappa shape index (κ1) is 14.9. The van der Waals surface area contributed by atoms with Gasteiger partial charge in [0, 0.05) is 12.1 Å². The Bertz CT molecular complexity index is 617. The summed E-state index contributed by atoms with van der Waals surface area (Å²) >= 11 is 0. The number of methoxy groups -OCH3 is 1. The van der Waals surface area contributed by atoms with Gasteiger partial charge in [-0.3, -0.25) is 0 Å². The molecule has 21 heavy (non-hydrogen) atoms. The second kappa shape index (κ2) is 7.35. The quantitative estimate of drug-likeness (QED) is 0.870. The third-order valence-electron chi connectivity index (χ3n) is 3.46. The zero-order valence-electron chi connectivity index (χ0n) is 12.5. The summed E-state index contributed by atoms with van der Waals surface area (Å²) in [6, 6.07) is 18.4. The Morgan fingerprint density at radius 1 is 1.19 bits per heavy atom. The van der Waals surface area contributed by atoms with E-state index in [0.717, 1.165) is 24.3 Å². The van der Waals surface area contributed by atoms with Gasteiger partial charge in [0.15, 0.2) is 0 Å². The minimum atomic E-state index is 0.282. The average Bonchev–Trinajstić information content (AvgIpc) is 2.54. The van der Waals surface area contributed by atoms with E-state index in [2.05, 4.69) is 42.6 Å². The maximum absolute atomic E-state index is 9.17. The maximum Gasteiger partial charge on any atom is 0.121 e. The summed E-state index contributed by atoms with van der Waals surface area (Å²) in [6.07, 6.45) is 2.02. The van der Waals surface area contributed by atoms with Gasteiger partial charge in [-0.1, -0.05) is 30.3 Å². The number of rotatable bonds is 6. The van der Waals surface area contributed by atoms with Crippen LogP contribution < -0.4 is 10.1 Å². The summed E-state index contributed by atoms with van der Waals surface area (Å²) in [6.45, 7) is 2.13. The van der Waals surface area contributed by atoms with Crippen molar-refractivity contribution >= 4 is 5.69 Å². The summed E-state index contributed by atoms with van der Waals surface area (Å²) in [5, 5.41) is 12.6.